The molecule has 0 N–H and O–H groups in total. The minimum absolute atomic E-state index is 0.206. The third-order valence-electron chi connectivity index (χ3n) is 1.68. The summed E-state index contributed by atoms with van der Waals surface area (Å²) in [7, 11) is 2.86. The minimum atomic E-state index is -0.543. The Hall–Kier alpha value is -1.65. The van der Waals surface area contributed by atoms with Gasteiger partial charge in [0.25, 0.3) is 0 Å². The maximum absolute atomic E-state index is 11.1. The lowest BCUT2D eigenvalue weighted by Crippen LogP contribution is -2.10. The van der Waals surface area contributed by atoms with E-state index in [1.165, 1.54) is 24.9 Å². The van der Waals surface area contributed by atoms with Crippen molar-refractivity contribution in [2.45, 2.75) is 6.92 Å². The number of hydrogen-bond donors (Lipinski definition) is 0. The standard InChI is InChI=1S/C8H10N2O3/c1-5(11)7-6(8(12)13-3)4-9-10(7)2/h4H,1-3H3. The topological polar surface area (TPSA) is 61.2 Å². The van der Waals surface area contributed by atoms with Crippen LogP contribution in [0.5, 0.6) is 0 Å². The van der Waals surface area contributed by atoms with Crippen LogP contribution < -0.4 is 0 Å². The predicted molar refractivity (Wildman–Crippen MR) is 44.6 cm³/mol. The zero-order valence-electron chi connectivity index (χ0n) is 7.70. The number of carbonyl (C=O) groups excluding carboxylic acids is 2. The van der Waals surface area contributed by atoms with Gasteiger partial charge < -0.3 is 4.74 Å². The van der Waals surface area contributed by atoms with Crippen LogP contribution in [0.15, 0.2) is 6.20 Å². The maximum atomic E-state index is 11.1. The monoisotopic (exact) mass is 182 g/mol. The molecule has 0 aromatic carbocycles. The predicted octanol–water partition coefficient (Wildman–Crippen LogP) is 0.409. The third kappa shape index (κ3) is 1.58. The normalized spacial score (nSPS) is 9.77. The average molecular weight is 182 g/mol. The zero-order valence-corrected chi connectivity index (χ0v) is 7.70. The largest absolute Gasteiger partial charge is 0.465 e. The molecule has 5 nitrogen and oxygen atoms in total. The molecule has 1 rings (SSSR count). The van der Waals surface area contributed by atoms with Crippen molar-refractivity contribution in [2.24, 2.45) is 7.05 Å². The number of aryl methyl sites for hydroxylation is 1. The number of ether oxygens (including phenoxy) is 1. The highest BCUT2D eigenvalue weighted by Gasteiger charge is 2.19. The molecule has 1 aromatic heterocycles. The molecule has 0 aliphatic carbocycles. The van der Waals surface area contributed by atoms with Crippen LogP contribution in [-0.2, 0) is 11.8 Å². The van der Waals surface area contributed by atoms with Gasteiger partial charge in [-0.15, -0.1) is 0 Å². The van der Waals surface area contributed by atoms with Gasteiger partial charge in [0.15, 0.2) is 5.78 Å². The fraction of sp³-hybridized carbons (Fsp3) is 0.375. The van der Waals surface area contributed by atoms with E-state index in [0.717, 1.165) is 0 Å². The lowest BCUT2D eigenvalue weighted by molar-refractivity contribution is 0.0597. The Morgan fingerprint density at radius 2 is 2.15 bits per heavy atom. The molecule has 0 bridgehead atoms. The first-order valence-corrected chi connectivity index (χ1v) is 3.69. The smallest absolute Gasteiger partial charge is 0.341 e. The molecule has 0 saturated heterocycles. The van der Waals surface area contributed by atoms with E-state index >= 15 is 0 Å². The van der Waals surface area contributed by atoms with Gasteiger partial charge in [-0.05, 0) is 0 Å². The van der Waals surface area contributed by atoms with Gasteiger partial charge in [-0.3, -0.25) is 9.48 Å². The first-order valence-electron chi connectivity index (χ1n) is 3.69. The van der Waals surface area contributed by atoms with Crippen LogP contribution in [0.2, 0.25) is 0 Å². The van der Waals surface area contributed by atoms with E-state index in [1.54, 1.807) is 7.05 Å². The molecule has 0 unspecified atom stereocenters. The van der Waals surface area contributed by atoms with E-state index in [1.807, 2.05) is 0 Å². The first kappa shape index (κ1) is 9.44. The molecule has 0 saturated carbocycles. The summed E-state index contributed by atoms with van der Waals surface area (Å²) in [6, 6.07) is 0. The number of Topliss-reactive ketones (excluding diaryl/α,β-unsaturated/α-hetero) is 1. The van der Waals surface area contributed by atoms with Gasteiger partial charge in [0.2, 0.25) is 0 Å². The molecule has 0 atom stereocenters. The molecular formula is C8H10N2O3. The van der Waals surface area contributed by atoms with Crippen LogP contribution in [0.3, 0.4) is 0 Å². The molecule has 0 aliphatic heterocycles. The molecule has 0 amide bonds. The number of carbonyl (C=O) groups is 2. The van der Waals surface area contributed by atoms with Crippen molar-refractivity contribution < 1.29 is 14.3 Å². The zero-order chi connectivity index (χ0) is 10.0. The van der Waals surface area contributed by atoms with Crippen molar-refractivity contribution >= 4 is 11.8 Å². The van der Waals surface area contributed by atoms with Gasteiger partial charge in [0, 0.05) is 14.0 Å². The summed E-state index contributed by atoms with van der Waals surface area (Å²) in [6.07, 6.45) is 1.32. The number of hydrogen-bond acceptors (Lipinski definition) is 4. The molecule has 13 heavy (non-hydrogen) atoms. The van der Waals surface area contributed by atoms with E-state index in [-0.39, 0.29) is 17.0 Å². The Balaban J connectivity index is 3.22. The maximum Gasteiger partial charge on any atom is 0.341 e. The summed E-state index contributed by atoms with van der Waals surface area (Å²) in [5, 5.41) is 3.80. The van der Waals surface area contributed by atoms with Crippen molar-refractivity contribution in [3.8, 4) is 0 Å². The van der Waals surface area contributed by atoms with Gasteiger partial charge in [-0.25, -0.2) is 4.79 Å². The number of esters is 1. The van der Waals surface area contributed by atoms with E-state index in [2.05, 4.69) is 9.84 Å². The minimum Gasteiger partial charge on any atom is -0.465 e. The van der Waals surface area contributed by atoms with Crippen molar-refractivity contribution in [1.29, 1.82) is 0 Å². The summed E-state index contributed by atoms with van der Waals surface area (Å²) in [4.78, 5) is 22.2. The van der Waals surface area contributed by atoms with Crippen LogP contribution in [0, 0.1) is 0 Å². The van der Waals surface area contributed by atoms with Gasteiger partial charge in [-0.1, -0.05) is 0 Å². The highest BCUT2D eigenvalue weighted by Crippen LogP contribution is 2.09. The number of aromatic nitrogens is 2. The van der Waals surface area contributed by atoms with Crippen LogP contribution >= 0.6 is 0 Å². The Kier molecular flexibility index (Phi) is 2.46. The summed E-state index contributed by atoms with van der Waals surface area (Å²) >= 11 is 0. The second-order valence-electron chi connectivity index (χ2n) is 2.58. The molecular weight excluding hydrogens is 172 g/mol. The highest BCUT2D eigenvalue weighted by atomic mass is 16.5. The molecule has 5 heteroatoms. The van der Waals surface area contributed by atoms with Gasteiger partial charge >= 0.3 is 5.97 Å². The molecule has 0 spiro atoms. The SMILES string of the molecule is COC(=O)c1cnn(C)c1C(C)=O. The molecule has 1 heterocycles. The quantitative estimate of drug-likeness (QED) is 0.491. The van der Waals surface area contributed by atoms with Gasteiger partial charge in [0.05, 0.1) is 13.3 Å². The Bertz CT molecular complexity index is 354. The second-order valence-corrected chi connectivity index (χ2v) is 2.58. The van der Waals surface area contributed by atoms with E-state index in [9.17, 15) is 9.59 Å². The molecule has 0 radical (unpaired) electrons. The molecule has 0 aliphatic rings. The Morgan fingerprint density at radius 3 is 2.62 bits per heavy atom. The number of methoxy groups -OCH3 is 1. The summed E-state index contributed by atoms with van der Waals surface area (Å²) in [5.74, 6) is -0.751. The third-order valence-corrected chi connectivity index (χ3v) is 1.68. The Labute approximate surface area is 75.3 Å². The van der Waals surface area contributed by atoms with E-state index < -0.39 is 5.97 Å². The number of rotatable bonds is 2. The lowest BCUT2D eigenvalue weighted by Gasteiger charge is -1.99. The van der Waals surface area contributed by atoms with Crippen molar-refractivity contribution in [3.05, 3.63) is 17.5 Å². The fourth-order valence-electron chi connectivity index (χ4n) is 1.11. The van der Waals surface area contributed by atoms with Crippen LogP contribution in [0.25, 0.3) is 0 Å². The first-order chi connectivity index (χ1) is 6.07. The van der Waals surface area contributed by atoms with Crippen LogP contribution in [-0.4, -0.2) is 28.6 Å². The van der Waals surface area contributed by atoms with Gasteiger partial charge in [0.1, 0.15) is 11.3 Å². The molecule has 1 aromatic rings. The van der Waals surface area contributed by atoms with Crippen molar-refractivity contribution in [2.75, 3.05) is 7.11 Å². The van der Waals surface area contributed by atoms with E-state index in [0.29, 0.717) is 0 Å². The van der Waals surface area contributed by atoms with Crippen molar-refractivity contribution in [3.63, 3.8) is 0 Å². The van der Waals surface area contributed by atoms with Crippen LogP contribution in [0.1, 0.15) is 27.8 Å². The lowest BCUT2D eigenvalue weighted by atomic mass is 10.2. The fourth-order valence-corrected chi connectivity index (χ4v) is 1.11. The second kappa shape index (κ2) is 3.38. The number of ketones is 1. The number of nitrogens with zero attached hydrogens (tertiary/aromatic N) is 2. The summed E-state index contributed by atoms with van der Waals surface area (Å²) in [6.45, 7) is 1.38. The molecule has 0 fully saturated rings. The van der Waals surface area contributed by atoms with Crippen molar-refractivity contribution in [1.82, 2.24) is 9.78 Å². The van der Waals surface area contributed by atoms with E-state index in [4.69, 9.17) is 0 Å². The average Bonchev–Trinajstić information content (AvgIpc) is 2.45. The van der Waals surface area contributed by atoms with Crippen LogP contribution in [0.4, 0.5) is 0 Å². The summed E-state index contributed by atoms with van der Waals surface area (Å²) < 4.78 is 5.85. The molecule has 70 valence electrons. The van der Waals surface area contributed by atoms with Gasteiger partial charge in [-0.2, -0.15) is 5.10 Å². The Morgan fingerprint density at radius 1 is 1.54 bits per heavy atom. The highest BCUT2D eigenvalue weighted by molar-refractivity contribution is 6.03. The summed E-state index contributed by atoms with van der Waals surface area (Å²) in [5.41, 5.74) is 0.476.